The third-order valence-electron chi connectivity index (χ3n) is 2.48. The second-order valence-electron chi connectivity index (χ2n) is 5.25. The number of carbonyl (C=O) groups is 1. The standard InChI is InChI=1S/C10H16F3NO4S/c1-9(2,3)18-8(15)7-5-4-6-14(7)19(16,17)10(11,12)13/h7H,4-6H2,1-3H3/t7-/m0/s1. The molecule has 0 aromatic heterocycles. The maximum absolute atomic E-state index is 12.5. The van der Waals surface area contributed by atoms with Crippen LogP contribution in [0.5, 0.6) is 0 Å². The lowest BCUT2D eigenvalue weighted by Crippen LogP contribution is -2.48. The van der Waals surface area contributed by atoms with Gasteiger partial charge in [0, 0.05) is 6.54 Å². The Morgan fingerprint density at radius 3 is 2.21 bits per heavy atom. The lowest BCUT2D eigenvalue weighted by molar-refractivity contribution is -0.159. The van der Waals surface area contributed by atoms with Gasteiger partial charge < -0.3 is 4.74 Å². The number of rotatable bonds is 2. The van der Waals surface area contributed by atoms with Crippen LogP contribution in [0.25, 0.3) is 0 Å². The average Bonchev–Trinajstić information content (AvgIpc) is 2.60. The Bertz CT molecular complexity index is 452. The van der Waals surface area contributed by atoms with E-state index in [4.69, 9.17) is 4.74 Å². The number of halogens is 3. The van der Waals surface area contributed by atoms with E-state index in [1.807, 2.05) is 0 Å². The van der Waals surface area contributed by atoms with Gasteiger partial charge in [0.2, 0.25) is 0 Å². The molecule has 0 aromatic carbocycles. The number of ether oxygens (including phenoxy) is 1. The Kier molecular flexibility index (Phi) is 4.21. The largest absolute Gasteiger partial charge is 0.511 e. The van der Waals surface area contributed by atoms with Crippen molar-refractivity contribution in [3.8, 4) is 0 Å². The summed E-state index contributed by atoms with van der Waals surface area (Å²) in [4.78, 5) is 11.7. The SMILES string of the molecule is CC(C)(C)OC(=O)[C@@H]1CCCN1S(=O)(=O)C(F)(F)F. The number of hydrogen-bond donors (Lipinski definition) is 0. The highest BCUT2D eigenvalue weighted by atomic mass is 32.2. The molecule has 1 heterocycles. The van der Waals surface area contributed by atoms with Gasteiger partial charge in [0.15, 0.2) is 0 Å². The summed E-state index contributed by atoms with van der Waals surface area (Å²) < 4.78 is 65.2. The van der Waals surface area contributed by atoms with E-state index < -0.39 is 33.1 Å². The molecule has 1 atom stereocenters. The smallest absolute Gasteiger partial charge is 0.459 e. The number of alkyl halides is 3. The summed E-state index contributed by atoms with van der Waals surface area (Å²) in [5, 5.41) is 0. The van der Waals surface area contributed by atoms with Gasteiger partial charge in [-0.3, -0.25) is 4.79 Å². The first kappa shape index (κ1) is 16.2. The predicted molar refractivity (Wildman–Crippen MR) is 60.5 cm³/mol. The first-order valence-electron chi connectivity index (χ1n) is 5.67. The van der Waals surface area contributed by atoms with Crippen molar-refractivity contribution in [3.05, 3.63) is 0 Å². The van der Waals surface area contributed by atoms with Gasteiger partial charge in [0.25, 0.3) is 0 Å². The van der Waals surface area contributed by atoms with Crippen molar-refractivity contribution in [2.24, 2.45) is 0 Å². The Morgan fingerprint density at radius 2 is 1.79 bits per heavy atom. The number of hydrogen-bond acceptors (Lipinski definition) is 4. The van der Waals surface area contributed by atoms with Crippen molar-refractivity contribution in [2.75, 3.05) is 6.54 Å². The molecule has 0 N–H and O–H groups in total. The average molecular weight is 303 g/mol. The van der Waals surface area contributed by atoms with Crippen LogP contribution in [0.15, 0.2) is 0 Å². The van der Waals surface area contributed by atoms with Gasteiger partial charge in [-0.05, 0) is 33.6 Å². The zero-order chi connectivity index (χ0) is 15.1. The molecule has 0 bridgehead atoms. The Labute approximate surface area is 109 Å². The number of esters is 1. The van der Waals surface area contributed by atoms with Gasteiger partial charge in [-0.15, -0.1) is 0 Å². The van der Waals surface area contributed by atoms with Crippen molar-refractivity contribution in [1.29, 1.82) is 0 Å². The van der Waals surface area contributed by atoms with Crippen LogP contribution >= 0.6 is 0 Å². The van der Waals surface area contributed by atoms with Crippen LogP contribution < -0.4 is 0 Å². The Hall–Kier alpha value is -0.830. The van der Waals surface area contributed by atoms with E-state index in [2.05, 4.69) is 0 Å². The summed E-state index contributed by atoms with van der Waals surface area (Å²) in [7, 11) is -5.49. The van der Waals surface area contributed by atoms with Crippen molar-refractivity contribution in [3.63, 3.8) is 0 Å². The van der Waals surface area contributed by atoms with Crippen LogP contribution in [0.1, 0.15) is 33.6 Å². The summed E-state index contributed by atoms with van der Waals surface area (Å²) >= 11 is 0. The predicted octanol–water partition coefficient (Wildman–Crippen LogP) is 1.64. The number of sulfonamides is 1. The van der Waals surface area contributed by atoms with Gasteiger partial charge in [-0.2, -0.15) is 17.5 Å². The van der Waals surface area contributed by atoms with Crippen molar-refractivity contribution < 1.29 is 31.1 Å². The number of nitrogens with zero attached hydrogens (tertiary/aromatic N) is 1. The maximum Gasteiger partial charge on any atom is 0.511 e. The van der Waals surface area contributed by atoms with Crippen molar-refractivity contribution >= 4 is 16.0 Å². The fourth-order valence-corrected chi connectivity index (χ4v) is 2.93. The van der Waals surface area contributed by atoms with Crippen molar-refractivity contribution in [2.45, 2.75) is 50.8 Å². The van der Waals surface area contributed by atoms with E-state index in [-0.39, 0.29) is 23.7 Å². The molecule has 0 amide bonds. The molecular formula is C10H16F3NO4S. The van der Waals surface area contributed by atoms with Gasteiger partial charge in [-0.1, -0.05) is 0 Å². The molecule has 0 aromatic rings. The molecule has 1 aliphatic rings. The lowest BCUT2D eigenvalue weighted by atomic mass is 10.2. The van der Waals surface area contributed by atoms with Gasteiger partial charge in [0.05, 0.1) is 0 Å². The molecule has 1 saturated heterocycles. The topological polar surface area (TPSA) is 63.7 Å². The van der Waals surface area contributed by atoms with Crippen LogP contribution in [-0.2, 0) is 19.6 Å². The molecular weight excluding hydrogens is 287 g/mol. The molecule has 0 saturated carbocycles. The fourth-order valence-electron chi connectivity index (χ4n) is 1.77. The summed E-state index contributed by atoms with van der Waals surface area (Å²) in [6.07, 6.45) is 0.226. The molecule has 9 heteroatoms. The third-order valence-corrected chi connectivity index (χ3v) is 4.12. The Balaban J connectivity index is 2.95. The van der Waals surface area contributed by atoms with E-state index in [9.17, 15) is 26.4 Å². The summed E-state index contributed by atoms with van der Waals surface area (Å²) in [6.45, 7) is 4.35. The van der Waals surface area contributed by atoms with E-state index in [1.54, 1.807) is 20.8 Å². The molecule has 1 rings (SSSR count). The molecule has 5 nitrogen and oxygen atoms in total. The van der Waals surface area contributed by atoms with Gasteiger partial charge >= 0.3 is 21.5 Å². The Morgan fingerprint density at radius 1 is 1.26 bits per heavy atom. The second-order valence-corrected chi connectivity index (χ2v) is 7.14. The normalized spacial score (nSPS) is 22.5. The molecule has 19 heavy (non-hydrogen) atoms. The molecule has 0 aliphatic carbocycles. The maximum atomic E-state index is 12.5. The van der Waals surface area contributed by atoms with Crippen LogP contribution in [0.2, 0.25) is 0 Å². The minimum atomic E-state index is -5.49. The first-order valence-corrected chi connectivity index (χ1v) is 7.11. The zero-order valence-corrected chi connectivity index (χ0v) is 11.6. The van der Waals surface area contributed by atoms with Gasteiger partial charge in [-0.25, -0.2) is 8.42 Å². The quantitative estimate of drug-likeness (QED) is 0.728. The molecule has 112 valence electrons. The summed E-state index contributed by atoms with van der Waals surface area (Å²) in [5.41, 5.74) is -6.29. The minimum absolute atomic E-state index is 0.0320. The number of carbonyl (C=O) groups excluding carboxylic acids is 1. The summed E-state index contributed by atoms with van der Waals surface area (Å²) in [5.74, 6) is -0.946. The minimum Gasteiger partial charge on any atom is -0.459 e. The van der Waals surface area contributed by atoms with Crippen molar-refractivity contribution in [1.82, 2.24) is 4.31 Å². The zero-order valence-electron chi connectivity index (χ0n) is 10.8. The van der Waals surface area contributed by atoms with Crippen LogP contribution in [-0.4, -0.2) is 42.4 Å². The van der Waals surface area contributed by atoms with Crippen LogP contribution in [0.4, 0.5) is 13.2 Å². The van der Waals surface area contributed by atoms with E-state index >= 15 is 0 Å². The van der Waals surface area contributed by atoms with E-state index in [1.165, 1.54) is 0 Å². The summed E-state index contributed by atoms with van der Waals surface area (Å²) in [6, 6.07) is -1.40. The molecule has 1 aliphatic heterocycles. The van der Waals surface area contributed by atoms with Crippen LogP contribution in [0, 0.1) is 0 Å². The highest BCUT2D eigenvalue weighted by Gasteiger charge is 2.54. The molecule has 0 radical (unpaired) electrons. The second kappa shape index (κ2) is 4.93. The monoisotopic (exact) mass is 303 g/mol. The lowest BCUT2D eigenvalue weighted by Gasteiger charge is -2.27. The fraction of sp³-hybridized carbons (Fsp3) is 0.900. The highest BCUT2D eigenvalue weighted by molar-refractivity contribution is 7.90. The van der Waals surface area contributed by atoms with Gasteiger partial charge in [0.1, 0.15) is 11.6 Å². The van der Waals surface area contributed by atoms with E-state index in [0.29, 0.717) is 0 Å². The van der Waals surface area contributed by atoms with Crippen LogP contribution in [0.3, 0.4) is 0 Å². The third kappa shape index (κ3) is 3.59. The van der Waals surface area contributed by atoms with E-state index in [0.717, 1.165) is 0 Å². The molecule has 0 unspecified atom stereocenters. The molecule has 1 fully saturated rings. The first-order chi connectivity index (χ1) is 8.36. The molecule has 0 spiro atoms. The highest BCUT2D eigenvalue weighted by Crippen LogP contribution is 2.33.